The number of nitrogens with zero attached hydrogens (tertiary/aromatic N) is 6. The predicted molar refractivity (Wildman–Crippen MR) is 123 cm³/mol. The van der Waals surface area contributed by atoms with E-state index in [2.05, 4.69) is 26.3 Å². The summed E-state index contributed by atoms with van der Waals surface area (Å²) in [4.78, 5) is 18.1. The molecule has 0 saturated carbocycles. The average Bonchev–Trinajstić information content (AvgIpc) is 3.33. The van der Waals surface area contributed by atoms with Gasteiger partial charge in [0.25, 0.3) is 0 Å². The van der Waals surface area contributed by atoms with E-state index in [4.69, 9.17) is 4.99 Å². The van der Waals surface area contributed by atoms with Crippen LogP contribution in [0, 0.1) is 18.3 Å². The monoisotopic (exact) mass is 475 g/mol. The van der Waals surface area contributed by atoms with Crippen molar-refractivity contribution in [1.82, 2.24) is 19.5 Å². The van der Waals surface area contributed by atoms with Crippen LogP contribution in [0.3, 0.4) is 0 Å². The molecule has 5 rings (SSSR count). The lowest BCUT2D eigenvalue weighted by atomic mass is 10.0. The molecule has 0 aliphatic carbocycles. The molecule has 176 valence electrons. The van der Waals surface area contributed by atoms with Gasteiger partial charge in [-0.25, -0.2) is 9.97 Å². The maximum absolute atomic E-state index is 13.2. The van der Waals surface area contributed by atoms with Crippen LogP contribution in [0.2, 0.25) is 0 Å². The number of hydrogen-bond acceptors (Lipinski definition) is 6. The van der Waals surface area contributed by atoms with E-state index in [0.717, 1.165) is 29.1 Å². The molecule has 1 aromatic carbocycles. The number of alkyl halides is 3. The first-order valence-electron chi connectivity index (χ1n) is 11.0. The van der Waals surface area contributed by atoms with Crippen LogP contribution in [0.1, 0.15) is 35.5 Å². The molecule has 0 saturated heterocycles. The topological polar surface area (TPSA) is 91.8 Å². The van der Waals surface area contributed by atoms with Crippen molar-refractivity contribution in [2.24, 2.45) is 4.99 Å². The number of aromatic nitrogens is 4. The Bertz CT molecular complexity index is 1520. The third-order valence-corrected chi connectivity index (χ3v) is 5.91. The normalized spacial score (nSPS) is 14.5. The molecule has 0 bridgehead atoms. The fraction of sp³-hybridized carbons (Fsp3) is 0.240. The van der Waals surface area contributed by atoms with Crippen molar-refractivity contribution in [1.29, 1.82) is 5.26 Å². The lowest BCUT2D eigenvalue weighted by molar-refractivity contribution is -0.137. The molecule has 1 atom stereocenters. The molecular weight excluding hydrogens is 455 g/mol. The zero-order chi connectivity index (χ0) is 24.7. The lowest BCUT2D eigenvalue weighted by Crippen LogP contribution is -2.21. The number of nitrogens with one attached hydrogen (secondary N) is 1. The highest BCUT2D eigenvalue weighted by Gasteiger charge is 2.31. The van der Waals surface area contributed by atoms with Crippen LogP contribution in [-0.2, 0) is 12.7 Å². The number of fused-ring (bicyclic) bond motifs is 3. The second kappa shape index (κ2) is 8.51. The van der Waals surface area contributed by atoms with Crippen LogP contribution in [0.25, 0.3) is 22.5 Å². The molecule has 0 amide bonds. The summed E-state index contributed by atoms with van der Waals surface area (Å²) >= 11 is 0. The first kappa shape index (κ1) is 22.5. The minimum Gasteiger partial charge on any atom is -0.369 e. The van der Waals surface area contributed by atoms with Gasteiger partial charge in [0.05, 0.1) is 22.7 Å². The Morgan fingerprint density at radius 2 is 1.97 bits per heavy atom. The van der Waals surface area contributed by atoms with E-state index in [-0.39, 0.29) is 0 Å². The van der Waals surface area contributed by atoms with Crippen molar-refractivity contribution < 1.29 is 13.2 Å². The summed E-state index contributed by atoms with van der Waals surface area (Å²) in [6.45, 7) is 4.87. The second-order valence-electron chi connectivity index (χ2n) is 8.32. The van der Waals surface area contributed by atoms with E-state index in [1.165, 1.54) is 12.3 Å². The standard InChI is InChI=1S/C25H20F3N7/c1-14(17-4-3-5-19(9-17)25(26,27)28)32-22-21-10-20(18-8-16(11-29)12-30-13-18)23-31-6-7-35(23)24(21)34-15(2)33-22/h3-5,8-10,12-14,31H,6-7H2,1-2H3. The number of nitriles is 1. The third-order valence-electron chi connectivity index (χ3n) is 5.91. The van der Waals surface area contributed by atoms with Gasteiger partial charge in [0.15, 0.2) is 5.49 Å². The molecule has 7 nitrogen and oxygen atoms in total. The summed E-state index contributed by atoms with van der Waals surface area (Å²) in [6.07, 6.45) is -1.26. The van der Waals surface area contributed by atoms with Crippen LogP contribution >= 0.6 is 0 Å². The maximum atomic E-state index is 13.2. The first-order valence-corrected chi connectivity index (χ1v) is 11.0. The first-order chi connectivity index (χ1) is 16.7. The molecule has 35 heavy (non-hydrogen) atoms. The van der Waals surface area contributed by atoms with Gasteiger partial charge in [0, 0.05) is 36.6 Å². The van der Waals surface area contributed by atoms with Crippen molar-refractivity contribution in [2.45, 2.75) is 32.6 Å². The van der Waals surface area contributed by atoms with Crippen LogP contribution in [0.4, 0.5) is 19.0 Å². The SMILES string of the molecule is Cc1nc2n3c(c(-c4cncc(C#N)c4)cc-2c(=NC(C)c2cccc(C(F)(F)F)c2)n1)NCC3. The molecule has 3 aliphatic heterocycles. The van der Waals surface area contributed by atoms with Crippen LogP contribution < -0.4 is 10.8 Å². The lowest BCUT2D eigenvalue weighted by Gasteiger charge is -2.18. The number of pyridine rings is 2. The Balaban J connectivity index is 1.71. The van der Waals surface area contributed by atoms with E-state index in [1.807, 2.05) is 10.6 Å². The van der Waals surface area contributed by atoms with E-state index in [9.17, 15) is 18.4 Å². The average molecular weight is 475 g/mol. The highest BCUT2D eigenvalue weighted by molar-refractivity contribution is 5.82. The molecule has 3 aliphatic rings. The van der Waals surface area contributed by atoms with Crippen molar-refractivity contribution >= 4 is 5.82 Å². The molecule has 2 aromatic rings. The van der Waals surface area contributed by atoms with E-state index in [0.29, 0.717) is 46.9 Å². The number of aryl methyl sites for hydroxylation is 1. The molecule has 1 N–H and O–H groups in total. The van der Waals surface area contributed by atoms with E-state index < -0.39 is 17.8 Å². The highest BCUT2D eigenvalue weighted by Crippen LogP contribution is 2.36. The van der Waals surface area contributed by atoms with E-state index in [1.54, 1.807) is 32.2 Å². The van der Waals surface area contributed by atoms with Gasteiger partial charge < -0.3 is 9.88 Å². The fourth-order valence-corrected chi connectivity index (χ4v) is 4.24. The molecule has 0 radical (unpaired) electrons. The quantitative estimate of drug-likeness (QED) is 0.463. The molecule has 0 fully saturated rings. The molecule has 1 unspecified atom stereocenters. The summed E-state index contributed by atoms with van der Waals surface area (Å²) in [5, 5.41) is 12.7. The molecule has 0 spiro atoms. The summed E-state index contributed by atoms with van der Waals surface area (Å²) in [6, 6.07) is 10.4. The number of benzene rings is 1. The van der Waals surface area contributed by atoms with Crippen LogP contribution in [-0.4, -0.2) is 26.1 Å². The van der Waals surface area contributed by atoms with Gasteiger partial charge in [-0.3, -0.25) is 9.98 Å². The van der Waals surface area contributed by atoms with Gasteiger partial charge in [-0.15, -0.1) is 0 Å². The Morgan fingerprint density at radius 1 is 1.14 bits per heavy atom. The molecular formula is C25H20F3N7. The minimum atomic E-state index is -4.43. The predicted octanol–water partition coefficient (Wildman–Crippen LogP) is 4.73. The summed E-state index contributed by atoms with van der Waals surface area (Å²) in [5.74, 6) is 2.04. The summed E-state index contributed by atoms with van der Waals surface area (Å²) in [7, 11) is 0. The minimum absolute atomic E-state index is 0.394. The zero-order valence-electron chi connectivity index (χ0n) is 18.9. The van der Waals surface area contributed by atoms with Crippen molar-refractivity contribution in [3.05, 3.63) is 76.8 Å². The summed E-state index contributed by atoms with van der Waals surface area (Å²) < 4.78 is 41.7. The van der Waals surface area contributed by atoms with E-state index >= 15 is 0 Å². The largest absolute Gasteiger partial charge is 0.416 e. The van der Waals surface area contributed by atoms with Crippen LogP contribution in [0.15, 0.2) is 53.8 Å². The van der Waals surface area contributed by atoms with Gasteiger partial charge in [0.2, 0.25) is 0 Å². The van der Waals surface area contributed by atoms with Gasteiger partial charge in [-0.2, -0.15) is 18.4 Å². The zero-order valence-corrected chi connectivity index (χ0v) is 18.9. The Hall–Kier alpha value is -4.26. The van der Waals surface area contributed by atoms with Gasteiger partial charge in [-0.05, 0) is 43.7 Å². The summed E-state index contributed by atoms with van der Waals surface area (Å²) in [5.41, 5.74) is 2.78. The molecule has 10 heteroatoms. The fourth-order valence-electron chi connectivity index (χ4n) is 4.24. The Morgan fingerprint density at radius 3 is 2.74 bits per heavy atom. The maximum Gasteiger partial charge on any atom is 0.416 e. The smallest absolute Gasteiger partial charge is 0.369 e. The van der Waals surface area contributed by atoms with Gasteiger partial charge in [0.1, 0.15) is 23.5 Å². The number of anilines is 1. The number of rotatable bonds is 3. The third kappa shape index (κ3) is 4.21. The van der Waals surface area contributed by atoms with Crippen molar-refractivity contribution in [3.8, 4) is 28.6 Å². The van der Waals surface area contributed by atoms with Crippen molar-refractivity contribution in [3.63, 3.8) is 0 Å². The number of hydrogen-bond donors (Lipinski definition) is 1. The van der Waals surface area contributed by atoms with Gasteiger partial charge >= 0.3 is 6.18 Å². The van der Waals surface area contributed by atoms with Crippen molar-refractivity contribution in [2.75, 3.05) is 11.9 Å². The Labute approximate surface area is 199 Å². The second-order valence-corrected chi connectivity index (χ2v) is 8.32. The van der Waals surface area contributed by atoms with Crippen LogP contribution in [0.5, 0.6) is 0 Å². The molecule has 4 heterocycles. The van der Waals surface area contributed by atoms with Gasteiger partial charge in [-0.1, -0.05) is 12.1 Å². The molecule has 1 aromatic heterocycles. The Kier molecular flexibility index (Phi) is 5.47. The number of halogens is 3. The highest BCUT2D eigenvalue weighted by atomic mass is 19.4.